The third-order valence-electron chi connectivity index (χ3n) is 2.92. The maximum absolute atomic E-state index is 11.5. The van der Waals surface area contributed by atoms with Crippen molar-refractivity contribution < 1.29 is 9.47 Å². The Morgan fingerprint density at radius 2 is 2.33 bits per heavy atom. The first kappa shape index (κ1) is 13.0. The Labute approximate surface area is 106 Å². The molecule has 6 nitrogen and oxygen atoms in total. The third kappa shape index (κ3) is 3.54. The maximum atomic E-state index is 11.5. The lowest BCUT2D eigenvalue weighted by Gasteiger charge is -2.15. The molecule has 1 aromatic heterocycles. The summed E-state index contributed by atoms with van der Waals surface area (Å²) in [6.07, 6.45) is 2.16. The van der Waals surface area contributed by atoms with E-state index in [0.29, 0.717) is 24.9 Å². The van der Waals surface area contributed by atoms with E-state index in [4.69, 9.17) is 9.47 Å². The number of anilines is 1. The third-order valence-corrected chi connectivity index (χ3v) is 2.92. The summed E-state index contributed by atoms with van der Waals surface area (Å²) in [6, 6.07) is 1.46. The minimum Gasteiger partial charge on any atom is -0.382 e. The van der Waals surface area contributed by atoms with Gasteiger partial charge in [-0.3, -0.25) is 4.79 Å². The van der Waals surface area contributed by atoms with Crippen LogP contribution in [0.2, 0.25) is 0 Å². The van der Waals surface area contributed by atoms with E-state index < -0.39 is 0 Å². The molecule has 0 radical (unpaired) electrons. The first-order chi connectivity index (χ1) is 8.72. The van der Waals surface area contributed by atoms with Crippen molar-refractivity contribution in [1.82, 2.24) is 9.97 Å². The molecule has 1 atom stereocenters. The molecule has 2 rings (SSSR count). The van der Waals surface area contributed by atoms with Gasteiger partial charge in [0.1, 0.15) is 11.6 Å². The van der Waals surface area contributed by atoms with E-state index in [9.17, 15) is 4.79 Å². The van der Waals surface area contributed by atoms with Crippen molar-refractivity contribution in [2.75, 3.05) is 32.7 Å². The summed E-state index contributed by atoms with van der Waals surface area (Å²) in [5.41, 5.74) is -0.116. The van der Waals surface area contributed by atoms with E-state index in [0.717, 1.165) is 18.7 Å². The molecule has 2 N–H and O–H groups in total. The number of ether oxygens (including phenoxy) is 2. The number of nitrogens with one attached hydrogen (secondary N) is 2. The van der Waals surface area contributed by atoms with Crippen LogP contribution in [0.3, 0.4) is 0 Å². The second-order valence-corrected chi connectivity index (χ2v) is 4.48. The van der Waals surface area contributed by atoms with Gasteiger partial charge in [0.2, 0.25) is 0 Å². The van der Waals surface area contributed by atoms with Gasteiger partial charge in [0.05, 0.1) is 12.7 Å². The normalized spacial score (nSPS) is 16.6. The van der Waals surface area contributed by atoms with Gasteiger partial charge >= 0.3 is 0 Å². The highest BCUT2D eigenvalue weighted by atomic mass is 16.5. The topological polar surface area (TPSA) is 76.2 Å². The number of hydrogen-bond donors (Lipinski definition) is 2. The zero-order valence-corrected chi connectivity index (χ0v) is 10.7. The van der Waals surface area contributed by atoms with Gasteiger partial charge in [-0.25, -0.2) is 4.98 Å². The van der Waals surface area contributed by atoms with E-state index in [1.807, 2.05) is 0 Å². The highest BCUT2D eigenvalue weighted by Gasteiger charge is 2.26. The van der Waals surface area contributed by atoms with Crippen LogP contribution in [-0.2, 0) is 9.47 Å². The molecule has 1 saturated carbocycles. The van der Waals surface area contributed by atoms with Crippen molar-refractivity contribution in [2.45, 2.75) is 24.9 Å². The van der Waals surface area contributed by atoms with Crippen LogP contribution in [0.1, 0.15) is 24.6 Å². The van der Waals surface area contributed by atoms with Gasteiger partial charge in [-0.1, -0.05) is 0 Å². The molecule has 1 heterocycles. The van der Waals surface area contributed by atoms with Crippen LogP contribution < -0.4 is 10.9 Å². The highest BCUT2D eigenvalue weighted by Crippen LogP contribution is 2.37. The van der Waals surface area contributed by atoms with E-state index >= 15 is 0 Å². The van der Waals surface area contributed by atoms with Crippen LogP contribution in [-0.4, -0.2) is 43.4 Å². The van der Waals surface area contributed by atoms with Crippen LogP contribution in [0.4, 0.5) is 5.82 Å². The molecule has 6 heteroatoms. The van der Waals surface area contributed by atoms with Crippen LogP contribution in [0.5, 0.6) is 0 Å². The molecule has 1 fully saturated rings. The molecule has 0 saturated heterocycles. The molecular weight excluding hydrogens is 234 g/mol. The Bertz CT molecular complexity index is 442. The Morgan fingerprint density at radius 3 is 2.94 bits per heavy atom. The van der Waals surface area contributed by atoms with Crippen LogP contribution >= 0.6 is 0 Å². The fourth-order valence-electron chi connectivity index (χ4n) is 1.73. The van der Waals surface area contributed by atoms with E-state index in [1.54, 1.807) is 14.2 Å². The number of H-pyrrole nitrogens is 1. The van der Waals surface area contributed by atoms with Crippen molar-refractivity contribution >= 4 is 5.82 Å². The monoisotopic (exact) mass is 253 g/mol. The summed E-state index contributed by atoms with van der Waals surface area (Å²) < 4.78 is 10.3. The summed E-state index contributed by atoms with van der Waals surface area (Å²) in [6.45, 7) is 1.06. The summed E-state index contributed by atoms with van der Waals surface area (Å²) >= 11 is 0. The molecule has 0 aliphatic heterocycles. The quantitative estimate of drug-likeness (QED) is 0.749. The van der Waals surface area contributed by atoms with Crippen molar-refractivity contribution in [2.24, 2.45) is 0 Å². The SMILES string of the molecule is COCC(CNc1cc(=O)[nH]c(C2CC2)n1)OC. The fraction of sp³-hybridized carbons (Fsp3) is 0.667. The Kier molecular flexibility index (Phi) is 4.33. The predicted octanol–water partition coefficient (Wildman–Crippen LogP) is 0.721. The van der Waals surface area contributed by atoms with Gasteiger partial charge in [0, 0.05) is 32.7 Å². The highest BCUT2D eigenvalue weighted by molar-refractivity contribution is 5.34. The molecule has 100 valence electrons. The maximum Gasteiger partial charge on any atom is 0.252 e. The lowest BCUT2D eigenvalue weighted by atomic mass is 10.3. The van der Waals surface area contributed by atoms with Crippen molar-refractivity contribution in [3.63, 3.8) is 0 Å². The van der Waals surface area contributed by atoms with Gasteiger partial charge in [0.25, 0.3) is 5.56 Å². The number of hydrogen-bond acceptors (Lipinski definition) is 5. The predicted molar refractivity (Wildman–Crippen MR) is 68.0 cm³/mol. The number of methoxy groups -OCH3 is 2. The van der Waals surface area contributed by atoms with Gasteiger partial charge < -0.3 is 19.8 Å². The number of aromatic nitrogens is 2. The Hall–Kier alpha value is -1.40. The summed E-state index contributed by atoms with van der Waals surface area (Å²) in [4.78, 5) is 18.7. The fourth-order valence-corrected chi connectivity index (χ4v) is 1.73. The zero-order chi connectivity index (χ0) is 13.0. The largest absolute Gasteiger partial charge is 0.382 e. The molecular formula is C12H19N3O3. The Balaban J connectivity index is 1.97. The molecule has 1 unspecified atom stereocenters. The van der Waals surface area contributed by atoms with E-state index in [2.05, 4.69) is 15.3 Å². The van der Waals surface area contributed by atoms with Crippen molar-refractivity contribution in [3.8, 4) is 0 Å². The molecule has 0 aromatic carbocycles. The lowest BCUT2D eigenvalue weighted by Crippen LogP contribution is -2.27. The second-order valence-electron chi connectivity index (χ2n) is 4.48. The lowest BCUT2D eigenvalue weighted by molar-refractivity contribution is 0.0365. The van der Waals surface area contributed by atoms with E-state index in [-0.39, 0.29) is 11.7 Å². The second kappa shape index (κ2) is 5.97. The number of rotatable bonds is 7. The van der Waals surface area contributed by atoms with Crippen LogP contribution in [0, 0.1) is 0 Å². The molecule has 0 amide bonds. The van der Waals surface area contributed by atoms with Gasteiger partial charge in [-0.2, -0.15) is 0 Å². The minimum absolute atomic E-state index is 0.0551. The van der Waals surface area contributed by atoms with Gasteiger partial charge in [0.15, 0.2) is 0 Å². The average molecular weight is 253 g/mol. The van der Waals surface area contributed by atoms with Crippen LogP contribution in [0.25, 0.3) is 0 Å². The molecule has 1 aliphatic carbocycles. The molecule has 1 aliphatic rings. The van der Waals surface area contributed by atoms with Gasteiger partial charge in [-0.05, 0) is 12.8 Å². The first-order valence-corrected chi connectivity index (χ1v) is 6.09. The van der Waals surface area contributed by atoms with Crippen LogP contribution in [0.15, 0.2) is 10.9 Å². The van der Waals surface area contributed by atoms with Crippen molar-refractivity contribution in [3.05, 3.63) is 22.2 Å². The van der Waals surface area contributed by atoms with E-state index in [1.165, 1.54) is 6.07 Å². The molecule has 18 heavy (non-hydrogen) atoms. The first-order valence-electron chi connectivity index (χ1n) is 6.09. The average Bonchev–Trinajstić information content (AvgIpc) is 3.18. The standard InChI is InChI=1S/C12H19N3O3/c1-17-7-9(18-2)6-13-10-5-11(16)15-12(14-10)8-3-4-8/h5,8-9H,3-4,6-7H2,1-2H3,(H2,13,14,15,16). The molecule has 1 aromatic rings. The molecule has 0 bridgehead atoms. The summed E-state index contributed by atoms with van der Waals surface area (Å²) in [5.74, 6) is 1.81. The Morgan fingerprint density at radius 1 is 1.56 bits per heavy atom. The van der Waals surface area contributed by atoms with Crippen molar-refractivity contribution in [1.29, 1.82) is 0 Å². The zero-order valence-electron chi connectivity index (χ0n) is 10.7. The molecule has 0 spiro atoms. The summed E-state index contributed by atoms with van der Waals surface area (Å²) in [5, 5.41) is 3.11. The number of aromatic amines is 1. The summed E-state index contributed by atoms with van der Waals surface area (Å²) in [7, 11) is 3.26. The minimum atomic E-state index is -0.116. The van der Waals surface area contributed by atoms with Gasteiger partial charge in [-0.15, -0.1) is 0 Å². The number of nitrogens with zero attached hydrogens (tertiary/aromatic N) is 1. The smallest absolute Gasteiger partial charge is 0.252 e.